The third-order valence-electron chi connectivity index (χ3n) is 3.02. The zero-order valence-electron chi connectivity index (χ0n) is 10.1. The second kappa shape index (κ2) is 4.49. The van der Waals surface area contributed by atoms with Gasteiger partial charge in [0, 0.05) is 17.1 Å². The van der Waals surface area contributed by atoms with Gasteiger partial charge in [-0.25, -0.2) is 0 Å². The van der Waals surface area contributed by atoms with Crippen LogP contribution in [0.15, 0.2) is 60.8 Å². The fraction of sp³-hybridized carbons (Fsp3) is 0.0625. The van der Waals surface area contributed by atoms with Crippen LogP contribution in [0.25, 0.3) is 22.0 Å². The van der Waals surface area contributed by atoms with E-state index in [0.29, 0.717) is 0 Å². The molecule has 0 saturated heterocycles. The molecule has 0 fully saturated rings. The molecule has 2 nitrogen and oxygen atoms in total. The van der Waals surface area contributed by atoms with Crippen molar-refractivity contribution >= 4 is 10.8 Å². The molecule has 88 valence electrons. The zero-order chi connectivity index (χ0) is 12.4. The van der Waals surface area contributed by atoms with E-state index in [9.17, 15) is 0 Å². The van der Waals surface area contributed by atoms with Gasteiger partial charge in [-0.15, -0.1) is 0 Å². The summed E-state index contributed by atoms with van der Waals surface area (Å²) in [6.07, 6.45) is 1.84. The van der Waals surface area contributed by atoms with Crippen LogP contribution in [-0.4, -0.2) is 12.1 Å². The summed E-state index contributed by atoms with van der Waals surface area (Å²) in [7, 11) is 1.68. The fourth-order valence-corrected chi connectivity index (χ4v) is 2.10. The van der Waals surface area contributed by atoms with Gasteiger partial charge in [0.15, 0.2) is 0 Å². The summed E-state index contributed by atoms with van der Waals surface area (Å²) in [6.45, 7) is 0. The van der Waals surface area contributed by atoms with E-state index in [1.54, 1.807) is 7.11 Å². The third-order valence-corrected chi connectivity index (χ3v) is 3.02. The lowest BCUT2D eigenvalue weighted by Crippen LogP contribution is -1.87. The Kier molecular flexibility index (Phi) is 2.69. The van der Waals surface area contributed by atoms with E-state index in [1.807, 2.05) is 42.6 Å². The fourth-order valence-electron chi connectivity index (χ4n) is 2.10. The van der Waals surface area contributed by atoms with Crippen molar-refractivity contribution in [2.24, 2.45) is 0 Å². The molecule has 0 atom stereocenters. The minimum atomic E-state index is 0.854. The second-order valence-corrected chi connectivity index (χ2v) is 4.11. The Balaban J connectivity index is 2.29. The number of pyridine rings is 1. The maximum absolute atomic E-state index is 5.29. The van der Waals surface area contributed by atoms with E-state index in [4.69, 9.17) is 4.74 Å². The number of hydrogen-bond acceptors (Lipinski definition) is 2. The molecule has 0 aliphatic rings. The van der Waals surface area contributed by atoms with Gasteiger partial charge in [-0.2, -0.15) is 0 Å². The molecule has 0 spiro atoms. The lowest BCUT2D eigenvalue weighted by atomic mass is 10.0. The molecule has 0 unspecified atom stereocenters. The minimum absolute atomic E-state index is 0.854. The van der Waals surface area contributed by atoms with Crippen LogP contribution < -0.4 is 4.74 Å². The quantitative estimate of drug-likeness (QED) is 0.671. The first-order valence-corrected chi connectivity index (χ1v) is 5.86. The van der Waals surface area contributed by atoms with Gasteiger partial charge in [0.25, 0.3) is 0 Å². The lowest BCUT2D eigenvalue weighted by molar-refractivity contribution is 0.415. The zero-order valence-corrected chi connectivity index (χ0v) is 10.1. The predicted molar refractivity (Wildman–Crippen MR) is 73.7 cm³/mol. The van der Waals surface area contributed by atoms with E-state index < -0.39 is 0 Å². The molecular weight excluding hydrogens is 222 g/mol. The summed E-state index contributed by atoms with van der Waals surface area (Å²) in [5.74, 6) is 0.854. The average molecular weight is 235 g/mol. The van der Waals surface area contributed by atoms with Gasteiger partial charge in [0.05, 0.1) is 12.8 Å². The van der Waals surface area contributed by atoms with Crippen LogP contribution in [0.5, 0.6) is 5.75 Å². The number of ether oxygens (including phenoxy) is 1. The first kappa shape index (κ1) is 10.8. The van der Waals surface area contributed by atoms with Gasteiger partial charge in [0.2, 0.25) is 0 Å². The normalized spacial score (nSPS) is 10.5. The Bertz CT molecular complexity index is 677. The van der Waals surface area contributed by atoms with Gasteiger partial charge < -0.3 is 4.74 Å². The van der Waals surface area contributed by atoms with Crippen molar-refractivity contribution in [1.82, 2.24) is 4.98 Å². The van der Waals surface area contributed by atoms with Crippen molar-refractivity contribution < 1.29 is 4.74 Å². The highest BCUT2D eigenvalue weighted by Crippen LogP contribution is 2.29. The largest absolute Gasteiger partial charge is 0.497 e. The highest BCUT2D eigenvalue weighted by Gasteiger charge is 2.05. The molecule has 0 saturated carbocycles. The van der Waals surface area contributed by atoms with E-state index in [0.717, 1.165) is 22.4 Å². The van der Waals surface area contributed by atoms with Crippen molar-refractivity contribution in [3.8, 4) is 17.0 Å². The Morgan fingerprint density at radius 3 is 2.56 bits per heavy atom. The summed E-state index contributed by atoms with van der Waals surface area (Å²) in [5.41, 5.74) is 2.11. The van der Waals surface area contributed by atoms with Crippen molar-refractivity contribution in [1.29, 1.82) is 0 Å². The van der Waals surface area contributed by atoms with Crippen LogP contribution in [0.1, 0.15) is 0 Å². The summed E-state index contributed by atoms with van der Waals surface area (Å²) in [5, 5.41) is 2.28. The van der Waals surface area contributed by atoms with Crippen LogP contribution in [0, 0.1) is 0 Å². The Hall–Kier alpha value is -2.35. The van der Waals surface area contributed by atoms with E-state index in [1.165, 1.54) is 5.39 Å². The number of benzene rings is 2. The first-order valence-electron chi connectivity index (χ1n) is 5.86. The number of fused-ring (bicyclic) bond motifs is 1. The molecule has 0 amide bonds. The van der Waals surface area contributed by atoms with Crippen LogP contribution in [-0.2, 0) is 0 Å². The van der Waals surface area contributed by atoms with Gasteiger partial charge >= 0.3 is 0 Å². The molecule has 1 aromatic heterocycles. The van der Waals surface area contributed by atoms with Crippen LogP contribution in [0.4, 0.5) is 0 Å². The van der Waals surface area contributed by atoms with Gasteiger partial charge in [-0.1, -0.05) is 36.4 Å². The topological polar surface area (TPSA) is 22.1 Å². The Morgan fingerprint density at radius 1 is 0.944 bits per heavy atom. The number of aromatic nitrogens is 1. The number of rotatable bonds is 2. The standard InChI is InChI=1S/C16H13NO/c1-18-14-8-7-12-9-10-17-16(15(12)11-14)13-5-3-2-4-6-13/h2-11H,1H3. The van der Waals surface area contributed by atoms with Gasteiger partial charge in [-0.3, -0.25) is 4.98 Å². The summed E-state index contributed by atoms with van der Waals surface area (Å²) in [6, 6.07) is 18.3. The average Bonchev–Trinajstić information content (AvgIpc) is 2.47. The van der Waals surface area contributed by atoms with Crippen LogP contribution in [0.2, 0.25) is 0 Å². The van der Waals surface area contributed by atoms with Gasteiger partial charge in [-0.05, 0) is 23.6 Å². The summed E-state index contributed by atoms with van der Waals surface area (Å²) < 4.78 is 5.29. The Morgan fingerprint density at radius 2 is 1.78 bits per heavy atom. The van der Waals surface area contributed by atoms with Gasteiger partial charge in [0.1, 0.15) is 5.75 Å². The molecule has 0 radical (unpaired) electrons. The van der Waals surface area contributed by atoms with E-state index in [-0.39, 0.29) is 0 Å². The number of nitrogens with zero attached hydrogens (tertiary/aromatic N) is 1. The van der Waals surface area contributed by atoms with Crippen LogP contribution >= 0.6 is 0 Å². The maximum atomic E-state index is 5.29. The molecular formula is C16H13NO. The number of hydrogen-bond donors (Lipinski definition) is 0. The molecule has 18 heavy (non-hydrogen) atoms. The molecule has 2 aromatic carbocycles. The lowest BCUT2D eigenvalue weighted by Gasteiger charge is -2.07. The third kappa shape index (κ3) is 1.82. The molecule has 3 aromatic rings. The molecule has 0 aliphatic carbocycles. The highest BCUT2D eigenvalue weighted by molar-refractivity contribution is 5.95. The van der Waals surface area contributed by atoms with E-state index in [2.05, 4.69) is 23.2 Å². The molecule has 0 bridgehead atoms. The Labute approximate surface area is 106 Å². The first-order chi connectivity index (χ1) is 8.88. The second-order valence-electron chi connectivity index (χ2n) is 4.11. The summed E-state index contributed by atoms with van der Waals surface area (Å²) in [4.78, 5) is 4.50. The monoisotopic (exact) mass is 235 g/mol. The molecule has 0 N–H and O–H groups in total. The molecule has 1 heterocycles. The maximum Gasteiger partial charge on any atom is 0.119 e. The molecule has 0 aliphatic heterocycles. The minimum Gasteiger partial charge on any atom is -0.497 e. The smallest absolute Gasteiger partial charge is 0.119 e. The van der Waals surface area contributed by atoms with Crippen molar-refractivity contribution in [3.05, 3.63) is 60.8 Å². The summed E-state index contributed by atoms with van der Waals surface area (Å²) >= 11 is 0. The number of methoxy groups -OCH3 is 1. The van der Waals surface area contributed by atoms with E-state index >= 15 is 0 Å². The molecule has 3 rings (SSSR count). The van der Waals surface area contributed by atoms with Crippen molar-refractivity contribution in [3.63, 3.8) is 0 Å². The van der Waals surface area contributed by atoms with Crippen molar-refractivity contribution in [2.75, 3.05) is 7.11 Å². The van der Waals surface area contributed by atoms with Crippen molar-refractivity contribution in [2.45, 2.75) is 0 Å². The molecule has 2 heteroatoms. The predicted octanol–water partition coefficient (Wildman–Crippen LogP) is 3.91. The van der Waals surface area contributed by atoms with Crippen LogP contribution in [0.3, 0.4) is 0 Å². The SMILES string of the molecule is COc1ccc2ccnc(-c3ccccc3)c2c1. The highest BCUT2D eigenvalue weighted by atomic mass is 16.5.